The van der Waals surface area contributed by atoms with Gasteiger partial charge in [0.2, 0.25) is 5.91 Å². The molecule has 1 aromatic rings. The van der Waals surface area contributed by atoms with Crippen LogP contribution >= 0.6 is 11.6 Å². The van der Waals surface area contributed by atoms with Gasteiger partial charge in [-0.2, -0.15) is 0 Å². The second-order valence-electron chi connectivity index (χ2n) is 4.51. The minimum Gasteiger partial charge on any atom is -0.355 e. The largest absolute Gasteiger partial charge is 0.355 e. The molecule has 2 amide bonds. The van der Waals surface area contributed by atoms with Crippen molar-refractivity contribution >= 4 is 29.1 Å². The highest BCUT2D eigenvalue weighted by Crippen LogP contribution is 2.20. The first-order valence-electron chi connectivity index (χ1n) is 6.57. The summed E-state index contributed by atoms with van der Waals surface area (Å²) in [6, 6.07) is 4.19. The number of nitrogens with two attached hydrogens (primary N) is 1. The number of amides is 2. The SMILES string of the molecule is CCCC[C@H](N)C(=O)Nc1ccc(Cl)c(C(=O)NC)c1. The quantitative estimate of drug-likeness (QED) is 0.752. The molecule has 4 N–H and O–H groups in total. The summed E-state index contributed by atoms with van der Waals surface area (Å²) in [6.07, 6.45) is 2.53. The number of anilines is 1. The Hall–Kier alpha value is -1.59. The van der Waals surface area contributed by atoms with E-state index in [-0.39, 0.29) is 11.8 Å². The molecule has 0 bridgehead atoms. The molecule has 1 rings (SSSR count). The molecule has 0 unspecified atom stereocenters. The van der Waals surface area contributed by atoms with Crippen molar-refractivity contribution in [2.75, 3.05) is 12.4 Å². The number of hydrogen-bond donors (Lipinski definition) is 3. The summed E-state index contributed by atoms with van der Waals surface area (Å²) in [6.45, 7) is 2.04. The zero-order valence-corrected chi connectivity index (χ0v) is 12.5. The fraction of sp³-hybridized carbons (Fsp3) is 0.429. The Bertz CT molecular complexity index is 491. The Balaban J connectivity index is 2.78. The number of nitrogens with one attached hydrogen (secondary N) is 2. The second-order valence-corrected chi connectivity index (χ2v) is 4.92. The third-order valence-electron chi connectivity index (χ3n) is 2.91. The molecule has 0 saturated heterocycles. The van der Waals surface area contributed by atoms with Crippen LogP contribution in [-0.4, -0.2) is 24.9 Å². The highest BCUT2D eigenvalue weighted by Gasteiger charge is 2.15. The Morgan fingerprint density at radius 2 is 2.10 bits per heavy atom. The van der Waals surface area contributed by atoms with Gasteiger partial charge in [-0.15, -0.1) is 0 Å². The number of carbonyl (C=O) groups excluding carboxylic acids is 2. The molecule has 0 heterocycles. The molecule has 0 aliphatic carbocycles. The smallest absolute Gasteiger partial charge is 0.252 e. The van der Waals surface area contributed by atoms with Crippen molar-refractivity contribution in [2.45, 2.75) is 32.2 Å². The zero-order valence-electron chi connectivity index (χ0n) is 11.7. The van der Waals surface area contributed by atoms with Gasteiger partial charge in [0.05, 0.1) is 16.6 Å². The first-order chi connectivity index (χ1) is 9.49. The second kappa shape index (κ2) is 7.87. The van der Waals surface area contributed by atoms with Gasteiger partial charge in [-0.05, 0) is 24.6 Å². The van der Waals surface area contributed by atoms with Crippen LogP contribution in [0, 0.1) is 0 Å². The minimum absolute atomic E-state index is 0.261. The lowest BCUT2D eigenvalue weighted by Gasteiger charge is -2.13. The van der Waals surface area contributed by atoms with E-state index in [1.54, 1.807) is 12.1 Å². The van der Waals surface area contributed by atoms with Crippen LogP contribution in [0.3, 0.4) is 0 Å². The van der Waals surface area contributed by atoms with Crippen molar-refractivity contribution in [1.82, 2.24) is 5.32 Å². The van der Waals surface area contributed by atoms with E-state index in [1.807, 2.05) is 6.92 Å². The lowest BCUT2D eigenvalue weighted by molar-refractivity contribution is -0.117. The molecule has 0 radical (unpaired) electrons. The van der Waals surface area contributed by atoms with Crippen LogP contribution < -0.4 is 16.4 Å². The van der Waals surface area contributed by atoms with E-state index in [0.717, 1.165) is 12.8 Å². The predicted molar refractivity (Wildman–Crippen MR) is 81.0 cm³/mol. The monoisotopic (exact) mass is 297 g/mol. The van der Waals surface area contributed by atoms with Crippen molar-refractivity contribution in [3.8, 4) is 0 Å². The molecule has 110 valence electrons. The Labute approximate surface area is 123 Å². The third-order valence-corrected chi connectivity index (χ3v) is 3.24. The van der Waals surface area contributed by atoms with E-state index in [1.165, 1.54) is 13.1 Å². The third kappa shape index (κ3) is 4.51. The highest BCUT2D eigenvalue weighted by molar-refractivity contribution is 6.34. The molecule has 1 aromatic carbocycles. The van der Waals surface area contributed by atoms with Gasteiger partial charge in [-0.25, -0.2) is 0 Å². The van der Waals surface area contributed by atoms with E-state index in [9.17, 15) is 9.59 Å². The van der Waals surface area contributed by atoms with Crippen molar-refractivity contribution in [3.63, 3.8) is 0 Å². The molecular formula is C14H20ClN3O2. The zero-order chi connectivity index (χ0) is 15.1. The van der Waals surface area contributed by atoms with Crippen molar-refractivity contribution in [2.24, 2.45) is 5.73 Å². The van der Waals surface area contributed by atoms with Crippen LogP contribution in [0.5, 0.6) is 0 Å². The molecule has 0 aliphatic heterocycles. The molecule has 0 aliphatic rings. The number of unbranched alkanes of at least 4 members (excludes halogenated alkanes) is 1. The molecule has 1 atom stereocenters. The van der Waals surface area contributed by atoms with Crippen molar-refractivity contribution < 1.29 is 9.59 Å². The van der Waals surface area contributed by atoms with Crippen LogP contribution in [0.4, 0.5) is 5.69 Å². The van der Waals surface area contributed by atoms with E-state index < -0.39 is 6.04 Å². The molecule has 6 heteroatoms. The number of halogens is 1. The number of hydrogen-bond acceptors (Lipinski definition) is 3. The van der Waals surface area contributed by atoms with Crippen LogP contribution in [0.2, 0.25) is 5.02 Å². The first kappa shape index (κ1) is 16.5. The molecule has 5 nitrogen and oxygen atoms in total. The minimum atomic E-state index is -0.547. The lowest BCUT2D eigenvalue weighted by atomic mass is 10.1. The lowest BCUT2D eigenvalue weighted by Crippen LogP contribution is -2.35. The van der Waals surface area contributed by atoms with E-state index in [4.69, 9.17) is 17.3 Å². The van der Waals surface area contributed by atoms with Gasteiger partial charge in [0.25, 0.3) is 5.91 Å². The summed E-state index contributed by atoms with van der Waals surface area (Å²) in [4.78, 5) is 23.5. The summed E-state index contributed by atoms with van der Waals surface area (Å²) in [7, 11) is 1.52. The van der Waals surface area contributed by atoms with Gasteiger partial charge >= 0.3 is 0 Å². The topological polar surface area (TPSA) is 84.2 Å². The van der Waals surface area contributed by atoms with Gasteiger partial charge in [-0.1, -0.05) is 31.4 Å². The van der Waals surface area contributed by atoms with Crippen LogP contribution in [-0.2, 0) is 4.79 Å². The van der Waals surface area contributed by atoms with E-state index in [2.05, 4.69) is 10.6 Å². The summed E-state index contributed by atoms with van der Waals surface area (Å²) < 4.78 is 0. The summed E-state index contributed by atoms with van der Waals surface area (Å²) in [5, 5.41) is 5.52. The fourth-order valence-electron chi connectivity index (χ4n) is 1.70. The molecule has 0 spiro atoms. The maximum Gasteiger partial charge on any atom is 0.252 e. The van der Waals surface area contributed by atoms with Crippen LogP contribution in [0.25, 0.3) is 0 Å². The first-order valence-corrected chi connectivity index (χ1v) is 6.95. The van der Waals surface area contributed by atoms with Gasteiger partial charge in [-0.3, -0.25) is 9.59 Å². The molecule has 0 fully saturated rings. The molecule has 20 heavy (non-hydrogen) atoms. The molecular weight excluding hydrogens is 278 g/mol. The highest BCUT2D eigenvalue weighted by atomic mass is 35.5. The summed E-state index contributed by atoms with van der Waals surface area (Å²) in [5.74, 6) is -0.565. The average Bonchev–Trinajstić information content (AvgIpc) is 2.45. The molecule has 0 saturated carbocycles. The Morgan fingerprint density at radius 3 is 2.70 bits per heavy atom. The van der Waals surface area contributed by atoms with Gasteiger partial charge in [0.15, 0.2) is 0 Å². The maximum absolute atomic E-state index is 11.9. The normalized spacial score (nSPS) is 11.8. The number of benzene rings is 1. The number of carbonyl (C=O) groups is 2. The fourth-order valence-corrected chi connectivity index (χ4v) is 1.91. The van der Waals surface area contributed by atoms with E-state index >= 15 is 0 Å². The van der Waals surface area contributed by atoms with Crippen LogP contribution in [0.15, 0.2) is 18.2 Å². The standard InChI is InChI=1S/C14H20ClN3O2/c1-3-4-5-12(16)14(20)18-9-6-7-11(15)10(8-9)13(19)17-2/h6-8,12H,3-5,16H2,1-2H3,(H,17,19)(H,18,20)/t12-/m0/s1. The summed E-state index contributed by atoms with van der Waals surface area (Å²) in [5.41, 5.74) is 6.61. The maximum atomic E-state index is 11.9. The van der Waals surface area contributed by atoms with Gasteiger partial charge in [0.1, 0.15) is 0 Å². The summed E-state index contributed by atoms with van der Waals surface area (Å²) >= 11 is 5.94. The number of rotatable bonds is 6. The average molecular weight is 298 g/mol. The van der Waals surface area contributed by atoms with E-state index in [0.29, 0.717) is 22.7 Å². The van der Waals surface area contributed by atoms with Crippen LogP contribution in [0.1, 0.15) is 36.5 Å². The molecule has 0 aromatic heterocycles. The Kier molecular flexibility index (Phi) is 6.48. The Morgan fingerprint density at radius 1 is 1.40 bits per heavy atom. The van der Waals surface area contributed by atoms with Crippen molar-refractivity contribution in [1.29, 1.82) is 0 Å². The van der Waals surface area contributed by atoms with Gasteiger partial charge in [0, 0.05) is 12.7 Å². The van der Waals surface area contributed by atoms with Crippen molar-refractivity contribution in [3.05, 3.63) is 28.8 Å². The van der Waals surface area contributed by atoms with Gasteiger partial charge < -0.3 is 16.4 Å². The predicted octanol–water partition coefficient (Wildman–Crippen LogP) is 2.16.